The quantitative estimate of drug-likeness (QED) is 0.604. The first-order valence-corrected chi connectivity index (χ1v) is 5.64. The van der Waals surface area contributed by atoms with Gasteiger partial charge in [0.15, 0.2) is 0 Å². The molecule has 2 aromatic rings. The van der Waals surface area contributed by atoms with Gasteiger partial charge in [-0.05, 0) is 11.4 Å². The molecule has 0 amide bonds. The Bertz CT molecular complexity index is 407. The van der Waals surface area contributed by atoms with Gasteiger partial charge in [-0.3, -0.25) is 11.3 Å². The Kier molecular flexibility index (Phi) is 3.15. The van der Waals surface area contributed by atoms with Gasteiger partial charge in [-0.25, -0.2) is 4.98 Å². The monoisotopic (exact) mass is 222 g/mol. The van der Waals surface area contributed by atoms with Gasteiger partial charge < -0.3 is 4.57 Å². The number of hydrazine groups is 1. The molecule has 0 aromatic carbocycles. The molecule has 80 valence electrons. The Labute approximate surface area is 92.7 Å². The summed E-state index contributed by atoms with van der Waals surface area (Å²) < 4.78 is 1.92. The smallest absolute Gasteiger partial charge is 0.0947 e. The SMILES string of the molecule is Cn1cnc(C(Cc2cccs2)NN)c1. The second-order valence-corrected chi connectivity index (χ2v) is 4.50. The molecule has 4 nitrogen and oxygen atoms in total. The van der Waals surface area contributed by atoms with E-state index in [0.717, 1.165) is 12.1 Å². The summed E-state index contributed by atoms with van der Waals surface area (Å²) in [4.78, 5) is 5.60. The van der Waals surface area contributed by atoms with Crippen LogP contribution in [-0.4, -0.2) is 9.55 Å². The molecule has 0 aliphatic carbocycles. The highest BCUT2D eigenvalue weighted by Crippen LogP contribution is 2.19. The molecular weight excluding hydrogens is 208 g/mol. The molecule has 5 heteroatoms. The largest absolute Gasteiger partial charge is 0.340 e. The van der Waals surface area contributed by atoms with Crippen LogP contribution >= 0.6 is 11.3 Å². The molecule has 2 aromatic heterocycles. The van der Waals surface area contributed by atoms with Crippen LogP contribution in [0.25, 0.3) is 0 Å². The molecule has 0 aliphatic heterocycles. The first kappa shape index (κ1) is 10.4. The van der Waals surface area contributed by atoms with E-state index >= 15 is 0 Å². The lowest BCUT2D eigenvalue weighted by Crippen LogP contribution is -2.29. The number of nitrogens with one attached hydrogen (secondary N) is 1. The van der Waals surface area contributed by atoms with Crippen LogP contribution in [0.1, 0.15) is 16.6 Å². The average Bonchev–Trinajstić information content (AvgIpc) is 2.85. The second kappa shape index (κ2) is 4.57. The number of aromatic nitrogens is 2. The summed E-state index contributed by atoms with van der Waals surface area (Å²) in [6.07, 6.45) is 4.65. The molecule has 0 aliphatic rings. The first-order chi connectivity index (χ1) is 7.29. The van der Waals surface area contributed by atoms with Crippen LogP contribution in [0.3, 0.4) is 0 Å². The van der Waals surface area contributed by atoms with Crippen LogP contribution in [0.4, 0.5) is 0 Å². The average molecular weight is 222 g/mol. The highest BCUT2D eigenvalue weighted by Gasteiger charge is 2.13. The number of nitrogens with zero attached hydrogens (tertiary/aromatic N) is 2. The van der Waals surface area contributed by atoms with Crippen molar-refractivity contribution in [2.24, 2.45) is 12.9 Å². The standard InChI is InChI=1S/C10H14N4S/c1-14-6-10(12-7-14)9(13-11)5-8-3-2-4-15-8/h2-4,6-7,9,13H,5,11H2,1H3. The zero-order valence-corrected chi connectivity index (χ0v) is 9.37. The number of hydrogen-bond donors (Lipinski definition) is 2. The molecule has 0 saturated carbocycles. The highest BCUT2D eigenvalue weighted by molar-refractivity contribution is 7.09. The minimum atomic E-state index is 0.0878. The number of rotatable bonds is 4. The van der Waals surface area contributed by atoms with Crippen molar-refractivity contribution in [3.8, 4) is 0 Å². The number of thiophene rings is 1. The maximum atomic E-state index is 5.54. The molecule has 1 atom stereocenters. The lowest BCUT2D eigenvalue weighted by atomic mass is 10.1. The van der Waals surface area contributed by atoms with Gasteiger partial charge >= 0.3 is 0 Å². The fourth-order valence-corrected chi connectivity index (χ4v) is 2.24. The second-order valence-electron chi connectivity index (χ2n) is 3.47. The molecule has 0 saturated heterocycles. The normalized spacial score (nSPS) is 12.9. The Morgan fingerprint density at radius 1 is 1.67 bits per heavy atom. The number of nitrogens with two attached hydrogens (primary N) is 1. The molecule has 2 rings (SSSR count). The molecule has 1 unspecified atom stereocenters. The van der Waals surface area contributed by atoms with Crippen LogP contribution in [0.15, 0.2) is 30.0 Å². The summed E-state index contributed by atoms with van der Waals surface area (Å²) in [7, 11) is 1.95. The van der Waals surface area contributed by atoms with E-state index in [1.54, 1.807) is 17.7 Å². The Balaban J connectivity index is 2.11. The van der Waals surface area contributed by atoms with Gasteiger partial charge in [0.05, 0.1) is 18.1 Å². The van der Waals surface area contributed by atoms with Gasteiger partial charge in [-0.2, -0.15) is 0 Å². The minimum Gasteiger partial charge on any atom is -0.340 e. The van der Waals surface area contributed by atoms with Gasteiger partial charge in [-0.15, -0.1) is 11.3 Å². The lowest BCUT2D eigenvalue weighted by Gasteiger charge is -2.11. The van der Waals surface area contributed by atoms with Crippen molar-refractivity contribution >= 4 is 11.3 Å². The van der Waals surface area contributed by atoms with E-state index in [1.165, 1.54) is 4.88 Å². The summed E-state index contributed by atoms with van der Waals surface area (Å²) in [5.41, 5.74) is 3.78. The Morgan fingerprint density at radius 2 is 2.53 bits per heavy atom. The van der Waals surface area contributed by atoms with Crippen molar-refractivity contribution in [1.29, 1.82) is 0 Å². The van der Waals surface area contributed by atoms with Crippen molar-refractivity contribution in [3.63, 3.8) is 0 Å². The van der Waals surface area contributed by atoms with Gasteiger partial charge in [0, 0.05) is 24.5 Å². The van der Waals surface area contributed by atoms with Gasteiger partial charge in [0.2, 0.25) is 0 Å². The Hall–Kier alpha value is -1.17. The zero-order valence-electron chi connectivity index (χ0n) is 8.55. The summed E-state index contributed by atoms with van der Waals surface area (Å²) in [5, 5.41) is 2.07. The van der Waals surface area contributed by atoms with E-state index in [0.29, 0.717) is 0 Å². The molecule has 0 spiro atoms. The van der Waals surface area contributed by atoms with Crippen molar-refractivity contribution in [2.45, 2.75) is 12.5 Å². The van der Waals surface area contributed by atoms with Crippen molar-refractivity contribution in [2.75, 3.05) is 0 Å². The van der Waals surface area contributed by atoms with Gasteiger partial charge in [0.1, 0.15) is 0 Å². The Morgan fingerprint density at radius 3 is 3.07 bits per heavy atom. The van der Waals surface area contributed by atoms with Crippen molar-refractivity contribution in [1.82, 2.24) is 15.0 Å². The van der Waals surface area contributed by atoms with Crippen LogP contribution in [0.2, 0.25) is 0 Å². The molecule has 0 bridgehead atoms. The fraction of sp³-hybridized carbons (Fsp3) is 0.300. The van der Waals surface area contributed by atoms with Crippen LogP contribution in [0, 0.1) is 0 Å². The van der Waals surface area contributed by atoms with Crippen LogP contribution in [-0.2, 0) is 13.5 Å². The number of imidazole rings is 1. The van der Waals surface area contributed by atoms with Crippen molar-refractivity contribution in [3.05, 3.63) is 40.6 Å². The minimum absolute atomic E-state index is 0.0878. The van der Waals surface area contributed by atoms with Crippen molar-refractivity contribution < 1.29 is 0 Å². The van der Waals surface area contributed by atoms with E-state index in [-0.39, 0.29) is 6.04 Å². The summed E-state index contributed by atoms with van der Waals surface area (Å²) >= 11 is 1.74. The maximum absolute atomic E-state index is 5.54. The molecule has 0 fully saturated rings. The van der Waals surface area contributed by atoms with Gasteiger partial charge in [-0.1, -0.05) is 6.07 Å². The van der Waals surface area contributed by atoms with E-state index in [1.807, 2.05) is 23.9 Å². The predicted molar refractivity (Wildman–Crippen MR) is 61.3 cm³/mol. The lowest BCUT2D eigenvalue weighted by molar-refractivity contribution is 0.543. The highest BCUT2D eigenvalue weighted by atomic mass is 32.1. The van der Waals surface area contributed by atoms with E-state index in [9.17, 15) is 0 Å². The maximum Gasteiger partial charge on any atom is 0.0947 e. The third-order valence-corrected chi connectivity index (χ3v) is 3.17. The molecule has 15 heavy (non-hydrogen) atoms. The third kappa shape index (κ3) is 2.44. The van der Waals surface area contributed by atoms with E-state index in [2.05, 4.69) is 21.9 Å². The zero-order chi connectivity index (χ0) is 10.7. The summed E-state index contributed by atoms with van der Waals surface area (Å²) in [6, 6.07) is 4.24. The molecule has 3 N–H and O–H groups in total. The number of hydrogen-bond acceptors (Lipinski definition) is 4. The summed E-state index contributed by atoms with van der Waals surface area (Å²) in [5.74, 6) is 5.54. The predicted octanol–water partition coefficient (Wildman–Crippen LogP) is 1.23. The van der Waals surface area contributed by atoms with Gasteiger partial charge in [0.25, 0.3) is 0 Å². The fourth-order valence-electron chi connectivity index (χ4n) is 1.49. The van der Waals surface area contributed by atoms with Crippen LogP contribution in [0.5, 0.6) is 0 Å². The molecular formula is C10H14N4S. The molecule has 0 radical (unpaired) electrons. The van der Waals surface area contributed by atoms with Crippen LogP contribution < -0.4 is 11.3 Å². The third-order valence-electron chi connectivity index (χ3n) is 2.27. The topological polar surface area (TPSA) is 55.9 Å². The first-order valence-electron chi connectivity index (χ1n) is 4.76. The van der Waals surface area contributed by atoms with E-state index in [4.69, 9.17) is 5.84 Å². The number of aryl methyl sites for hydroxylation is 1. The summed E-state index contributed by atoms with van der Waals surface area (Å²) in [6.45, 7) is 0. The van der Waals surface area contributed by atoms with E-state index < -0.39 is 0 Å². The molecule has 2 heterocycles.